The Morgan fingerprint density at radius 2 is 2.09 bits per heavy atom. The number of rotatable bonds is 5. The summed E-state index contributed by atoms with van der Waals surface area (Å²) in [6.45, 7) is 14.4. The van der Waals surface area contributed by atoms with Gasteiger partial charge < -0.3 is 4.74 Å². The van der Waals surface area contributed by atoms with Crippen molar-refractivity contribution in [1.82, 2.24) is 0 Å². The minimum absolute atomic E-state index is 0.392. The first-order chi connectivity index (χ1) is 10.3. The Balaban J connectivity index is 2.14. The van der Waals surface area contributed by atoms with Crippen molar-refractivity contribution >= 4 is 6.47 Å². The summed E-state index contributed by atoms with van der Waals surface area (Å²) < 4.78 is 4.76. The second-order valence-electron chi connectivity index (χ2n) is 8.39. The lowest BCUT2D eigenvalue weighted by molar-refractivity contribution is -0.123. The van der Waals surface area contributed by atoms with Gasteiger partial charge in [0.2, 0.25) is 0 Å². The summed E-state index contributed by atoms with van der Waals surface area (Å²) >= 11 is 0. The summed E-state index contributed by atoms with van der Waals surface area (Å²) in [5.41, 5.74) is 3.43. The molecule has 3 unspecified atom stereocenters. The number of hydrogen-bond donors (Lipinski definition) is 0. The van der Waals surface area contributed by atoms with Gasteiger partial charge in [-0.2, -0.15) is 0 Å². The molecular weight excluding hydrogens is 272 g/mol. The highest BCUT2D eigenvalue weighted by molar-refractivity contribution is 5.38. The summed E-state index contributed by atoms with van der Waals surface area (Å²) in [7, 11) is 0. The molecule has 124 valence electrons. The maximum absolute atomic E-state index is 10.3. The summed E-state index contributed by atoms with van der Waals surface area (Å²) in [6.07, 6.45) is 10.2. The van der Waals surface area contributed by atoms with Gasteiger partial charge in [0, 0.05) is 0 Å². The van der Waals surface area contributed by atoms with Crippen LogP contribution >= 0.6 is 0 Å². The maximum Gasteiger partial charge on any atom is 0.297 e. The monoisotopic (exact) mass is 304 g/mol. The third-order valence-corrected chi connectivity index (χ3v) is 6.47. The number of carbonyl (C=O) groups is 1. The summed E-state index contributed by atoms with van der Waals surface area (Å²) in [6, 6.07) is 0. The van der Waals surface area contributed by atoms with Crippen LogP contribution in [0.2, 0.25) is 0 Å². The van der Waals surface area contributed by atoms with Gasteiger partial charge in [-0.3, -0.25) is 4.79 Å². The van der Waals surface area contributed by atoms with Crippen molar-refractivity contribution in [2.24, 2.45) is 22.7 Å². The molecule has 0 N–H and O–H groups in total. The van der Waals surface area contributed by atoms with Crippen LogP contribution in [-0.2, 0) is 9.53 Å². The zero-order chi connectivity index (χ0) is 16.4. The van der Waals surface area contributed by atoms with Crippen LogP contribution in [0.1, 0.15) is 72.6 Å². The minimum atomic E-state index is 0.392. The van der Waals surface area contributed by atoms with Crippen molar-refractivity contribution in [3.05, 3.63) is 24.0 Å². The molecule has 0 amide bonds. The smallest absolute Gasteiger partial charge is 0.297 e. The lowest BCUT2D eigenvalue weighted by atomic mass is 9.47. The van der Waals surface area contributed by atoms with Gasteiger partial charge >= 0.3 is 0 Å². The molecule has 2 rings (SSSR count). The molecule has 0 aromatic rings. The fourth-order valence-corrected chi connectivity index (χ4v) is 5.38. The van der Waals surface area contributed by atoms with Gasteiger partial charge in [-0.1, -0.05) is 39.3 Å². The third kappa shape index (κ3) is 3.31. The van der Waals surface area contributed by atoms with Crippen molar-refractivity contribution in [3.8, 4) is 0 Å². The molecular formula is C20H32O2. The topological polar surface area (TPSA) is 26.3 Å². The van der Waals surface area contributed by atoms with Crippen LogP contribution in [0, 0.1) is 22.7 Å². The highest BCUT2D eigenvalue weighted by atomic mass is 16.5. The van der Waals surface area contributed by atoms with Crippen LogP contribution in [0.3, 0.4) is 0 Å². The summed E-state index contributed by atoms with van der Waals surface area (Å²) in [5.74, 6) is 1.41. The van der Waals surface area contributed by atoms with Gasteiger partial charge in [-0.15, -0.1) is 0 Å². The van der Waals surface area contributed by atoms with Crippen molar-refractivity contribution in [2.45, 2.75) is 72.6 Å². The average Bonchev–Trinajstić information content (AvgIpc) is 2.43. The second kappa shape index (κ2) is 6.60. The molecule has 0 aliphatic heterocycles. The first-order valence-corrected chi connectivity index (χ1v) is 8.73. The van der Waals surface area contributed by atoms with E-state index in [0.717, 1.165) is 24.3 Å². The zero-order valence-electron chi connectivity index (χ0n) is 14.8. The van der Waals surface area contributed by atoms with Crippen molar-refractivity contribution in [2.75, 3.05) is 0 Å². The first kappa shape index (κ1) is 17.3. The number of fused-ring (bicyclic) bond motifs is 1. The number of carbonyl (C=O) groups excluding carboxylic acids is 1. The van der Waals surface area contributed by atoms with E-state index in [-0.39, 0.29) is 0 Å². The largest absolute Gasteiger partial charge is 0.437 e. The molecule has 0 spiro atoms. The molecule has 3 atom stereocenters. The summed E-state index contributed by atoms with van der Waals surface area (Å²) in [4.78, 5) is 10.3. The predicted molar refractivity (Wildman–Crippen MR) is 91.2 cm³/mol. The van der Waals surface area contributed by atoms with E-state index in [4.69, 9.17) is 4.74 Å². The van der Waals surface area contributed by atoms with E-state index in [1.807, 2.05) is 6.92 Å². The van der Waals surface area contributed by atoms with Crippen LogP contribution < -0.4 is 0 Å². The highest BCUT2D eigenvalue weighted by Gasteiger charge is 2.52. The van der Waals surface area contributed by atoms with Crippen molar-refractivity contribution in [3.63, 3.8) is 0 Å². The maximum atomic E-state index is 10.3. The minimum Gasteiger partial charge on any atom is -0.437 e. The molecule has 2 fully saturated rings. The van der Waals surface area contributed by atoms with Crippen LogP contribution in [0.4, 0.5) is 0 Å². The van der Waals surface area contributed by atoms with Gasteiger partial charge in [0.05, 0.1) is 6.26 Å². The fourth-order valence-electron chi connectivity index (χ4n) is 5.38. The molecule has 22 heavy (non-hydrogen) atoms. The summed E-state index contributed by atoms with van der Waals surface area (Å²) in [5, 5.41) is 0. The lowest BCUT2D eigenvalue weighted by Crippen LogP contribution is -2.49. The Hall–Kier alpha value is -1.05. The van der Waals surface area contributed by atoms with Gasteiger partial charge in [0.1, 0.15) is 0 Å². The molecule has 0 aromatic heterocycles. The predicted octanol–water partition coefficient (Wildman–Crippen LogP) is 5.64. The van der Waals surface area contributed by atoms with Crippen molar-refractivity contribution in [1.29, 1.82) is 0 Å². The van der Waals surface area contributed by atoms with E-state index in [1.54, 1.807) is 6.26 Å². The Morgan fingerprint density at radius 3 is 2.77 bits per heavy atom. The zero-order valence-corrected chi connectivity index (χ0v) is 14.8. The molecule has 0 bridgehead atoms. The second-order valence-corrected chi connectivity index (χ2v) is 8.39. The fraction of sp³-hybridized carbons (Fsp3) is 0.750. The standard InChI is InChI=1S/C20H32O2/c1-15(13-22-14-21)7-9-17-16(2)8-10-18-19(3,4)11-6-12-20(17,18)5/h13-14,17-18H,2,6-12H2,1,3-5H3/b15-13-. The Morgan fingerprint density at radius 1 is 1.36 bits per heavy atom. The molecule has 2 aliphatic carbocycles. The highest BCUT2D eigenvalue weighted by Crippen LogP contribution is 2.61. The molecule has 2 nitrogen and oxygen atoms in total. The Labute approximate surface area is 136 Å². The van der Waals surface area contributed by atoms with Gasteiger partial charge in [-0.25, -0.2) is 0 Å². The number of allylic oxidation sites excluding steroid dienone is 2. The van der Waals surface area contributed by atoms with Crippen molar-refractivity contribution < 1.29 is 9.53 Å². The number of hydrogen-bond acceptors (Lipinski definition) is 2. The van der Waals surface area contributed by atoms with Gasteiger partial charge in [0.25, 0.3) is 6.47 Å². The molecule has 0 heterocycles. The van der Waals surface area contributed by atoms with E-state index in [1.165, 1.54) is 37.7 Å². The molecule has 2 heteroatoms. The number of ether oxygens (including phenoxy) is 1. The quantitative estimate of drug-likeness (QED) is 0.373. The average molecular weight is 304 g/mol. The SMILES string of the molecule is C=C1CCC2C(C)(C)CCCC2(C)C1CC/C(C)=C\OC=O. The molecule has 0 saturated heterocycles. The van der Waals surface area contributed by atoms with E-state index in [2.05, 4.69) is 27.4 Å². The first-order valence-electron chi connectivity index (χ1n) is 8.73. The van der Waals surface area contributed by atoms with Gasteiger partial charge in [0.15, 0.2) is 0 Å². The van der Waals surface area contributed by atoms with Gasteiger partial charge in [-0.05, 0) is 73.7 Å². The van der Waals surface area contributed by atoms with Crippen LogP contribution in [0.15, 0.2) is 24.0 Å². The molecule has 2 saturated carbocycles. The molecule has 0 aromatic carbocycles. The van der Waals surface area contributed by atoms with Crippen LogP contribution in [0.5, 0.6) is 0 Å². The van der Waals surface area contributed by atoms with E-state index in [0.29, 0.717) is 23.2 Å². The normalized spacial score (nSPS) is 34.9. The molecule has 0 radical (unpaired) electrons. The van der Waals surface area contributed by atoms with E-state index >= 15 is 0 Å². The van der Waals surface area contributed by atoms with Crippen LogP contribution in [-0.4, -0.2) is 6.47 Å². The van der Waals surface area contributed by atoms with E-state index in [9.17, 15) is 4.79 Å². The third-order valence-electron chi connectivity index (χ3n) is 6.47. The molecule has 2 aliphatic rings. The Kier molecular flexibility index (Phi) is 5.19. The Bertz CT molecular complexity index is 460. The van der Waals surface area contributed by atoms with E-state index < -0.39 is 0 Å². The van der Waals surface area contributed by atoms with Crippen LogP contribution in [0.25, 0.3) is 0 Å². The lowest BCUT2D eigenvalue weighted by Gasteiger charge is -2.58.